The summed E-state index contributed by atoms with van der Waals surface area (Å²) in [5, 5.41) is 0.648. The number of methoxy groups -OCH3 is 1. The molecule has 1 aromatic carbocycles. The molecule has 0 aliphatic carbocycles. The van der Waals surface area contributed by atoms with Crippen LogP contribution in [0.4, 0.5) is 5.82 Å². The number of rotatable bonds is 3. The Morgan fingerprint density at radius 3 is 2.79 bits per heavy atom. The van der Waals surface area contributed by atoms with Crippen LogP contribution in [0.1, 0.15) is 21.9 Å². The standard InChI is InChI=1S/C13H14ClN3O2/c1-8-16-11(13(18)19-2)12(15)17(8)7-9-5-3-4-6-10(9)14/h3-6H,7,15H2,1-2H3. The molecular weight excluding hydrogens is 266 g/mol. The molecule has 100 valence electrons. The maximum absolute atomic E-state index is 11.5. The summed E-state index contributed by atoms with van der Waals surface area (Å²) in [6.07, 6.45) is 0. The van der Waals surface area contributed by atoms with Crippen molar-refractivity contribution in [2.45, 2.75) is 13.5 Å². The number of hydrogen-bond donors (Lipinski definition) is 1. The van der Waals surface area contributed by atoms with E-state index in [1.54, 1.807) is 17.6 Å². The fourth-order valence-corrected chi connectivity index (χ4v) is 2.02. The van der Waals surface area contributed by atoms with E-state index >= 15 is 0 Å². The molecule has 0 radical (unpaired) electrons. The second-order valence-corrected chi connectivity index (χ2v) is 4.47. The Kier molecular flexibility index (Phi) is 3.76. The zero-order chi connectivity index (χ0) is 14.0. The summed E-state index contributed by atoms with van der Waals surface area (Å²) < 4.78 is 6.37. The molecule has 0 aliphatic heterocycles. The first-order chi connectivity index (χ1) is 9.04. The zero-order valence-electron chi connectivity index (χ0n) is 10.7. The first-order valence-corrected chi connectivity index (χ1v) is 6.06. The van der Waals surface area contributed by atoms with E-state index in [9.17, 15) is 4.79 Å². The highest BCUT2D eigenvalue weighted by molar-refractivity contribution is 6.31. The molecule has 1 aromatic heterocycles. The van der Waals surface area contributed by atoms with E-state index in [1.165, 1.54) is 7.11 Å². The Balaban J connectivity index is 2.39. The minimum absolute atomic E-state index is 0.132. The quantitative estimate of drug-likeness (QED) is 0.875. The van der Waals surface area contributed by atoms with Crippen LogP contribution in [0.3, 0.4) is 0 Å². The predicted octanol–water partition coefficient (Wildman–Crippen LogP) is 2.26. The van der Waals surface area contributed by atoms with Gasteiger partial charge in [-0.2, -0.15) is 0 Å². The highest BCUT2D eigenvalue weighted by Crippen LogP contribution is 2.21. The minimum Gasteiger partial charge on any atom is -0.464 e. The van der Waals surface area contributed by atoms with Crippen LogP contribution in [0.25, 0.3) is 0 Å². The Morgan fingerprint density at radius 1 is 1.47 bits per heavy atom. The summed E-state index contributed by atoms with van der Waals surface area (Å²) in [5.41, 5.74) is 6.98. The molecule has 0 saturated carbocycles. The molecule has 1 heterocycles. The average molecular weight is 280 g/mol. The SMILES string of the molecule is COC(=O)c1nc(C)n(Cc2ccccc2Cl)c1N. The van der Waals surface area contributed by atoms with E-state index < -0.39 is 5.97 Å². The predicted molar refractivity (Wildman–Crippen MR) is 73.3 cm³/mol. The lowest BCUT2D eigenvalue weighted by Gasteiger charge is -2.09. The van der Waals surface area contributed by atoms with Crippen LogP contribution in [0.5, 0.6) is 0 Å². The van der Waals surface area contributed by atoms with Crippen LogP contribution >= 0.6 is 11.6 Å². The molecule has 2 aromatic rings. The third-order valence-electron chi connectivity index (χ3n) is 2.86. The van der Waals surface area contributed by atoms with Crippen molar-refractivity contribution in [3.63, 3.8) is 0 Å². The summed E-state index contributed by atoms with van der Waals surface area (Å²) in [7, 11) is 1.30. The van der Waals surface area contributed by atoms with Crippen LogP contribution in [-0.2, 0) is 11.3 Å². The van der Waals surface area contributed by atoms with Gasteiger partial charge in [-0.3, -0.25) is 0 Å². The summed E-state index contributed by atoms with van der Waals surface area (Å²) in [6, 6.07) is 7.46. The van der Waals surface area contributed by atoms with Gasteiger partial charge in [0.15, 0.2) is 5.69 Å². The van der Waals surface area contributed by atoms with Gasteiger partial charge in [0.25, 0.3) is 0 Å². The van der Waals surface area contributed by atoms with E-state index in [2.05, 4.69) is 9.72 Å². The van der Waals surface area contributed by atoms with Gasteiger partial charge in [-0.15, -0.1) is 0 Å². The van der Waals surface area contributed by atoms with Crippen molar-refractivity contribution in [1.29, 1.82) is 0 Å². The van der Waals surface area contributed by atoms with Crippen molar-refractivity contribution in [3.05, 3.63) is 46.4 Å². The Hall–Kier alpha value is -2.01. The zero-order valence-corrected chi connectivity index (χ0v) is 11.4. The first kappa shape index (κ1) is 13.4. The summed E-state index contributed by atoms with van der Waals surface area (Å²) in [5.74, 6) is 0.376. The molecule has 2 N–H and O–H groups in total. The Morgan fingerprint density at radius 2 is 2.16 bits per heavy atom. The minimum atomic E-state index is -0.543. The smallest absolute Gasteiger partial charge is 0.360 e. The number of carbonyl (C=O) groups is 1. The largest absolute Gasteiger partial charge is 0.464 e. The number of anilines is 1. The molecule has 0 amide bonds. The van der Waals surface area contributed by atoms with Crippen molar-refractivity contribution >= 4 is 23.4 Å². The summed E-state index contributed by atoms with van der Waals surface area (Å²) in [4.78, 5) is 15.6. The van der Waals surface area contributed by atoms with Gasteiger partial charge in [-0.25, -0.2) is 9.78 Å². The van der Waals surface area contributed by atoms with Gasteiger partial charge in [0.05, 0.1) is 13.7 Å². The van der Waals surface area contributed by atoms with Gasteiger partial charge in [0.2, 0.25) is 0 Å². The first-order valence-electron chi connectivity index (χ1n) is 5.69. The van der Waals surface area contributed by atoms with E-state index in [0.717, 1.165) is 5.56 Å². The monoisotopic (exact) mass is 279 g/mol. The molecule has 19 heavy (non-hydrogen) atoms. The van der Waals surface area contributed by atoms with Gasteiger partial charge in [0.1, 0.15) is 11.6 Å². The number of nitrogens with zero attached hydrogens (tertiary/aromatic N) is 2. The normalized spacial score (nSPS) is 10.5. The molecule has 0 bridgehead atoms. The maximum Gasteiger partial charge on any atom is 0.360 e. The number of nitrogen functional groups attached to an aromatic ring is 1. The number of nitrogens with two attached hydrogens (primary N) is 1. The molecular formula is C13H14ClN3O2. The van der Waals surface area contributed by atoms with E-state index in [-0.39, 0.29) is 11.5 Å². The fraction of sp³-hybridized carbons (Fsp3) is 0.231. The van der Waals surface area contributed by atoms with Crippen LogP contribution in [0.15, 0.2) is 24.3 Å². The number of benzene rings is 1. The number of aryl methyl sites for hydroxylation is 1. The number of hydrogen-bond acceptors (Lipinski definition) is 4. The van der Waals surface area contributed by atoms with Crippen molar-refractivity contribution in [3.8, 4) is 0 Å². The Bertz CT molecular complexity index is 622. The van der Waals surface area contributed by atoms with Crippen LogP contribution < -0.4 is 5.73 Å². The Labute approximate surface area is 116 Å². The van der Waals surface area contributed by atoms with Gasteiger partial charge >= 0.3 is 5.97 Å². The van der Waals surface area contributed by atoms with Gasteiger partial charge in [-0.05, 0) is 18.6 Å². The van der Waals surface area contributed by atoms with E-state index in [0.29, 0.717) is 17.4 Å². The molecule has 0 unspecified atom stereocenters. The van der Waals surface area contributed by atoms with Gasteiger partial charge in [0, 0.05) is 5.02 Å². The average Bonchev–Trinajstić information content (AvgIpc) is 2.68. The molecule has 0 spiro atoms. The summed E-state index contributed by atoms with van der Waals surface area (Å²) >= 11 is 6.11. The molecule has 0 atom stereocenters. The molecule has 0 fully saturated rings. The second-order valence-electron chi connectivity index (χ2n) is 4.06. The number of esters is 1. The van der Waals surface area contributed by atoms with Gasteiger partial charge in [-0.1, -0.05) is 29.8 Å². The van der Waals surface area contributed by atoms with Crippen LogP contribution in [-0.4, -0.2) is 22.6 Å². The second kappa shape index (κ2) is 5.32. The maximum atomic E-state index is 11.5. The van der Waals surface area contributed by atoms with Crippen molar-refractivity contribution < 1.29 is 9.53 Å². The third kappa shape index (κ3) is 2.56. The molecule has 2 rings (SSSR count). The van der Waals surface area contributed by atoms with E-state index in [1.807, 2.05) is 18.2 Å². The molecule has 6 heteroatoms. The molecule has 0 saturated heterocycles. The third-order valence-corrected chi connectivity index (χ3v) is 3.23. The van der Waals surface area contributed by atoms with Crippen molar-refractivity contribution in [2.24, 2.45) is 0 Å². The highest BCUT2D eigenvalue weighted by Gasteiger charge is 2.19. The van der Waals surface area contributed by atoms with Crippen LogP contribution in [0.2, 0.25) is 5.02 Å². The van der Waals surface area contributed by atoms with Gasteiger partial charge < -0.3 is 15.0 Å². The number of halogens is 1. The number of carbonyl (C=O) groups excluding carboxylic acids is 1. The molecule has 0 aliphatic rings. The lowest BCUT2D eigenvalue weighted by atomic mass is 10.2. The molecule has 5 nitrogen and oxygen atoms in total. The van der Waals surface area contributed by atoms with Crippen molar-refractivity contribution in [1.82, 2.24) is 9.55 Å². The summed E-state index contributed by atoms with van der Waals surface area (Å²) in [6.45, 7) is 2.24. The topological polar surface area (TPSA) is 70.1 Å². The fourth-order valence-electron chi connectivity index (χ4n) is 1.83. The van der Waals surface area contributed by atoms with Crippen LogP contribution in [0, 0.1) is 6.92 Å². The lowest BCUT2D eigenvalue weighted by molar-refractivity contribution is 0.0595. The number of ether oxygens (including phenoxy) is 1. The highest BCUT2D eigenvalue weighted by atomic mass is 35.5. The lowest BCUT2D eigenvalue weighted by Crippen LogP contribution is -2.09. The van der Waals surface area contributed by atoms with Crippen molar-refractivity contribution in [2.75, 3.05) is 12.8 Å². The number of aromatic nitrogens is 2. The number of imidazole rings is 1. The van der Waals surface area contributed by atoms with E-state index in [4.69, 9.17) is 17.3 Å².